The first-order valence-corrected chi connectivity index (χ1v) is 7.24. The minimum absolute atomic E-state index is 0.256. The second-order valence-electron chi connectivity index (χ2n) is 4.18. The van der Waals surface area contributed by atoms with Crippen LogP contribution in [0.3, 0.4) is 0 Å². The fourth-order valence-corrected chi connectivity index (χ4v) is 2.78. The van der Waals surface area contributed by atoms with E-state index >= 15 is 0 Å². The van der Waals surface area contributed by atoms with Crippen LogP contribution in [-0.4, -0.2) is 32.2 Å². The summed E-state index contributed by atoms with van der Waals surface area (Å²) in [4.78, 5) is 35.9. The molecule has 0 aliphatic carbocycles. The van der Waals surface area contributed by atoms with Crippen molar-refractivity contribution in [2.24, 2.45) is 0 Å². The average Bonchev–Trinajstić information content (AvgIpc) is 2.71. The number of carbonyl (C=O) groups is 1. The first-order chi connectivity index (χ1) is 9.01. The molecule has 3 atom stereocenters. The van der Waals surface area contributed by atoms with Crippen molar-refractivity contribution in [3.8, 4) is 0 Å². The van der Waals surface area contributed by atoms with Crippen LogP contribution >= 0.6 is 22.6 Å². The Morgan fingerprint density at radius 1 is 1.63 bits per heavy atom. The van der Waals surface area contributed by atoms with E-state index in [1.165, 1.54) is 23.8 Å². The van der Waals surface area contributed by atoms with E-state index in [0.717, 1.165) is 0 Å². The van der Waals surface area contributed by atoms with Gasteiger partial charge in [-0.25, -0.2) is 4.79 Å². The zero-order valence-corrected chi connectivity index (χ0v) is 12.3. The van der Waals surface area contributed by atoms with E-state index in [-0.39, 0.29) is 18.2 Å². The van der Waals surface area contributed by atoms with Crippen molar-refractivity contribution in [1.82, 2.24) is 9.55 Å². The van der Waals surface area contributed by atoms with Crippen LogP contribution in [0.15, 0.2) is 21.9 Å². The van der Waals surface area contributed by atoms with Gasteiger partial charge in [0.1, 0.15) is 18.4 Å². The number of esters is 1. The summed E-state index contributed by atoms with van der Waals surface area (Å²) >= 11 is 2.13. The number of nitrogens with one attached hydrogen (secondary N) is 1. The molecule has 0 bridgehead atoms. The molecule has 1 aliphatic rings. The van der Waals surface area contributed by atoms with E-state index in [2.05, 4.69) is 27.6 Å². The summed E-state index contributed by atoms with van der Waals surface area (Å²) in [6.07, 6.45) is 0.603. The molecule has 0 radical (unpaired) electrons. The maximum absolute atomic E-state index is 11.7. The molecule has 1 aromatic heterocycles. The molecule has 0 aromatic carbocycles. The number of halogens is 1. The average molecular weight is 380 g/mol. The van der Waals surface area contributed by atoms with Crippen LogP contribution < -0.4 is 11.2 Å². The molecule has 0 saturated carbocycles. The van der Waals surface area contributed by atoms with Crippen LogP contribution in [0, 0.1) is 0 Å². The minimum Gasteiger partial charge on any atom is -0.460 e. The number of ether oxygens (including phenoxy) is 2. The Morgan fingerprint density at radius 3 is 2.95 bits per heavy atom. The van der Waals surface area contributed by atoms with Crippen molar-refractivity contribution in [2.45, 2.75) is 31.8 Å². The first-order valence-electron chi connectivity index (χ1n) is 5.71. The van der Waals surface area contributed by atoms with Crippen molar-refractivity contribution >= 4 is 28.6 Å². The van der Waals surface area contributed by atoms with Crippen LogP contribution in [0.5, 0.6) is 0 Å². The van der Waals surface area contributed by atoms with Gasteiger partial charge >= 0.3 is 11.7 Å². The van der Waals surface area contributed by atoms with Gasteiger partial charge in [0.15, 0.2) is 0 Å². The zero-order valence-electron chi connectivity index (χ0n) is 10.2. The Kier molecular flexibility index (Phi) is 4.40. The minimum atomic E-state index is -0.534. The Hall–Kier alpha value is -1.16. The standard InChI is InChI=1S/C11H13IN2O5/c1-6(15)18-7-4-10(19-8(7)5-12)14-3-2-9(16)13-11(14)17/h2-3,7-8,10H,4-5H2,1H3,(H,13,16,17)/t7?,8-,10-/m1/s1. The highest BCUT2D eigenvalue weighted by molar-refractivity contribution is 14.1. The Balaban J connectivity index is 2.21. The van der Waals surface area contributed by atoms with Gasteiger partial charge in [0.2, 0.25) is 0 Å². The second-order valence-corrected chi connectivity index (χ2v) is 5.07. The molecule has 7 nitrogen and oxygen atoms in total. The number of aromatic nitrogens is 2. The summed E-state index contributed by atoms with van der Waals surface area (Å²) in [5.41, 5.74) is -0.991. The molecule has 1 saturated heterocycles. The summed E-state index contributed by atoms with van der Waals surface area (Å²) in [5.74, 6) is -0.377. The van der Waals surface area contributed by atoms with Gasteiger partial charge in [-0.1, -0.05) is 22.6 Å². The lowest BCUT2D eigenvalue weighted by atomic mass is 10.2. The van der Waals surface area contributed by atoms with Crippen LogP contribution in [0.2, 0.25) is 0 Å². The maximum Gasteiger partial charge on any atom is 0.330 e. The Morgan fingerprint density at radius 2 is 2.37 bits per heavy atom. The van der Waals surface area contributed by atoms with E-state index in [4.69, 9.17) is 9.47 Å². The van der Waals surface area contributed by atoms with Crippen molar-refractivity contribution < 1.29 is 14.3 Å². The number of hydrogen-bond donors (Lipinski definition) is 1. The van der Waals surface area contributed by atoms with Gasteiger partial charge in [0.05, 0.1) is 0 Å². The molecule has 2 heterocycles. The van der Waals surface area contributed by atoms with E-state index in [0.29, 0.717) is 10.8 Å². The molecule has 1 aliphatic heterocycles. The van der Waals surface area contributed by atoms with Gasteiger partial charge in [-0.3, -0.25) is 19.1 Å². The molecular formula is C11H13IN2O5. The zero-order chi connectivity index (χ0) is 14.0. The lowest BCUT2D eigenvalue weighted by Gasteiger charge is -2.15. The molecule has 0 spiro atoms. The number of carbonyl (C=O) groups excluding carboxylic acids is 1. The molecule has 19 heavy (non-hydrogen) atoms. The molecule has 1 N–H and O–H groups in total. The Bertz CT molecular complexity index is 581. The number of H-pyrrole nitrogens is 1. The summed E-state index contributed by atoms with van der Waals surface area (Å²) in [6, 6.07) is 1.25. The quantitative estimate of drug-likeness (QED) is 0.460. The number of aromatic amines is 1. The third kappa shape index (κ3) is 3.24. The lowest BCUT2D eigenvalue weighted by molar-refractivity contribution is -0.148. The summed E-state index contributed by atoms with van der Waals surface area (Å²) in [6.45, 7) is 1.34. The van der Waals surface area contributed by atoms with E-state index in [1.807, 2.05) is 0 Å². The highest BCUT2D eigenvalue weighted by atomic mass is 127. The summed E-state index contributed by atoms with van der Waals surface area (Å²) in [7, 11) is 0. The number of nitrogens with zero attached hydrogens (tertiary/aromatic N) is 1. The topological polar surface area (TPSA) is 90.4 Å². The molecule has 104 valence electrons. The number of hydrogen-bond acceptors (Lipinski definition) is 5. The number of alkyl halides is 1. The van der Waals surface area contributed by atoms with Gasteiger partial charge in [-0.2, -0.15) is 0 Å². The van der Waals surface area contributed by atoms with Gasteiger partial charge in [0, 0.05) is 30.0 Å². The third-order valence-electron chi connectivity index (χ3n) is 2.81. The molecule has 2 rings (SSSR count). The predicted molar refractivity (Wildman–Crippen MR) is 74.3 cm³/mol. The largest absolute Gasteiger partial charge is 0.460 e. The normalized spacial score (nSPS) is 26.3. The Labute approximate surface area is 122 Å². The van der Waals surface area contributed by atoms with Gasteiger partial charge < -0.3 is 9.47 Å². The van der Waals surface area contributed by atoms with Crippen LogP contribution in [-0.2, 0) is 14.3 Å². The summed E-state index contributed by atoms with van der Waals surface area (Å²) < 4.78 is 12.8. The molecule has 1 fully saturated rings. The maximum atomic E-state index is 11.7. The molecule has 8 heteroatoms. The van der Waals surface area contributed by atoms with Gasteiger partial charge in [0.25, 0.3) is 5.56 Å². The number of rotatable bonds is 3. The second kappa shape index (κ2) is 5.87. The molecular weight excluding hydrogens is 367 g/mol. The van der Waals surface area contributed by atoms with E-state index in [1.54, 1.807) is 0 Å². The van der Waals surface area contributed by atoms with Crippen LogP contribution in [0.4, 0.5) is 0 Å². The monoisotopic (exact) mass is 380 g/mol. The van der Waals surface area contributed by atoms with E-state index in [9.17, 15) is 14.4 Å². The molecule has 1 unspecified atom stereocenters. The first kappa shape index (κ1) is 14.3. The van der Waals surface area contributed by atoms with E-state index < -0.39 is 17.5 Å². The predicted octanol–water partition coefficient (Wildman–Crippen LogP) is 0.191. The lowest BCUT2D eigenvalue weighted by Crippen LogP contribution is -2.31. The van der Waals surface area contributed by atoms with Crippen molar-refractivity contribution in [3.63, 3.8) is 0 Å². The third-order valence-corrected chi connectivity index (χ3v) is 3.68. The van der Waals surface area contributed by atoms with Gasteiger partial charge in [-0.15, -0.1) is 0 Å². The summed E-state index contributed by atoms with van der Waals surface area (Å²) in [5, 5.41) is 0. The molecule has 0 amide bonds. The fraction of sp³-hybridized carbons (Fsp3) is 0.545. The smallest absolute Gasteiger partial charge is 0.330 e. The van der Waals surface area contributed by atoms with Crippen molar-refractivity contribution in [2.75, 3.05) is 4.43 Å². The highest BCUT2D eigenvalue weighted by Crippen LogP contribution is 2.30. The van der Waals surface area contributed by atoms with Crippen LogP contribution in [0.25, 0.3) is 0 Å². The van der Waals surface area contributed by atoms with Crippen LogP contribution in [0.1, 0.15) is 19.6 Å². The van der Waals surface area contributed by atoms with Gasteiger partial charge in [-0.05, 0) is 0 Å². The van der Waals surface area contributed by atoms with Crippen molar-refractivity contribution in [3.05, 3.63) is 33.1 Å². The molecule has 1 aromatic rings. The highest BCUT2D eigenvalue weighted by Gasteiger charge is 2.38. The fourth-order valence-electron chi connectivity index (χ4n) is 2.00. The van der Waals surface area contributed by atoms with Crippen molar-refractivity contribution in [1.29, 1.82) is 0 Å². The SMILES string of the molecule is CC(=O)OC1C[C@H](n2ccc(=O)[nH]c2=O)O[C@@H]1CI.